The van der Waals surface area contributed by atoms with E-state index in [0.717, 1.165) is 43.2 Å². The molecule has 1 aromatic rings. The van der Waals surface area contributed by atoms with Crippen LogP contribution in [-0.4, -0.2) is 46.8 Å². The van der Waals surface area contributed by atoms with E-state index in [-0.39, 0.29) is 11.8 Å². The minimum absolute atomic E-state index is 0.0143. The predicted molar refractivity (Wildman–Crippen MR) is 93.8 cm³/mol. The van der Waals surface area contributed by atoms with Gasteiger partial charge in [-0.05, 0) is 51.1 Å². The van der Waals surface area contributed by atoms with Crippen LogP contribution in [0, 0.1) is 5.92 Å². The lowest BCUT2D eigenvalue weighted by Gasteiger charge is -2.30. The molecule has 0 bridgehead atoms. The maximum absolute atomic E-state index is 12.4. The van der Waals surface area contributed by atoms with Crippen molar-refractivity contribution in [2.24, 2.45) is 5.92 Å². The van der Waals surface area contributed by atoms with Crippen molar-refractivity contribution >= 4 is 5.91 Å². The first-order valence-corrected chi connectivity index (χ1v) is 9.09. The number of likely N-dealkylation sites (tertiary alicyclic amines) is 1. The normalized spacial score (nSPS) is 19.3. The lowest BCUT2D eigenvalue weighted by atomic mass is 10.0. The Labute approximate surface area is 140 Å². The number of carbonyl (C=O) groups is 1. The molecule has 1 aromatic heterocycles. The average molecular weight is 320 g/mol. The molecule has 0 aliphatic carbocycles. The standard InChI is InChI=1S/C18H32N4O/c1-5-22-13-16(17(20-22)14(2)3)18(23)19-9-7-11-21-10-6-8-15(4)12-21/h13-15H,5-12H2,1-4H3,(H,19,23)/t15-/m0/s1. The van der Waals surface area contributed by atoms with E-state index in [1.54, 1.807) is 0 Å². The molecule has 1 aliphatic rings. The highest BCUT2D eigenvalue weighted by Gasteiger charge is 2.19. The van der Waals surface area contributed by atoms with Gasteiger partial charge in [0.15, 0.2) is 0 Å². The fourth-order valence-electron chi connectivity index (χ4n) is 3.29. The largest absolute Gasteiger partial charge is 0.352 e. The topological polar surface area (TPSA) is 50.2 Å². The molecule has 1 fully saturated rings. The molecule has 0 saturated carbocycles. The first-order valence-electron chi connectivity index (χ1n) is 9.09. The first kappa shape index (κ1) is 18.0. The lowest BCUT2D eigenvalue weighted by molar-refractivity contribution is 0.0948. The van der Waals surface area contributed by atoms with Crippen molar-refractivity contribution in [3.05, 3.63) is 17.5 Å². The molecule has 2 heterocycles. The number of hydrogen-bond donors (Lipinski definition) is 1. The number of nitrogens with zero attached hydrogens (tertiary/aromatic N) is 3. The van der Waals surface area contributed by atoms with Crippen LogP contribution in [-0.2, 0) is 6.54 Å². The second-order valence-corrected chi connectivity index (χ2v) is 7.10. The van der Waals surface area contributed by atoms with Gasteiger partial charge in [0.25, 0.3) is 5.91 Å². The lowest BCUT2D eigenvalue weighted by Crippen LogP contribution is -2.36. The summed E-state index contributed by atoms with van der Waals surface area (Å²) in [5.74, 6) is 1.09. The maximum Gasteiger partial charge on any atom is 0.254 e. The zero-order valence-corrected chi connectivity index (χ0v) is 15.1. The Bertz CT molecular complexity index is 509. The fraction of sp³-hybridized carbons (Fsp3) is 0.778. The molecule has 0 radical (unpaired) electrons. The van der Waals surface area contributed by atoms with Crippen LogP contribution in [0.1, 0.15) is 68.9 Å². The highest BCUT2D eigenvalue weighted by Crippen LogP contribution is 2.18. The minimum Gasteiger partial charge on any atom is -0.352 e. The third kappa shape index (κ3) is 5.06. The summed E-state index contributed by atoms with van der Waals surface area (Å²) in [4.78, 5) is 14.9. The Kier molecular flexibility index (Phi) is 6.63. The van der Waals surface area contributed by atoms with E-state index in [4.69, 9.17) is 0 Å². The third-order valence-electron chi connectivity index (χ3n) is 4.58. The van der Waals surface area contributed by atoms with E-state index >= 15 is 0 Å². The summed E-state index contributed by atoms with van der Waals surface area (Å²) in [5, 5.41) is 7.57. The second-order valence-electron chi connectivity index (χ2n) is 7.10. The summed E-state index contributed by atoms with van der Waals surface area (Å²) in [6.07, 6.45) is 5.54. The van der Waals surface area contributed by atoms with Crippen LogP contribution in [0.25, 0.3) is 0 Å². The molecule has 2 rings (SSSR count). The molecule has 5 nitrogen and oxygen atoms in total. The molecule has 130 valence electrons. The number of nitrogens with one attached hydrogen (secondary N) is 1. The van der Waals surface area contributed by atoms with Crippen LogP contribution in [0.5, 0.6) is 0 Å². The van der Waals surface area contributed by atoms with Gasteiger partial charge in [0.2, 0.25) is 0 Å². The Balaban J connectivity index is 1.79. The van der Waals surface area contributed by atoms with Crippen LogP contribution in [0.4, 0.5) is 0 Å². The van der Waals surface area contributed by atoms with Crippen molar-refractivity contribution < 1.29 is 4.79 Å². The van der Waals surface area contributed by atoms with Crippen molar-refractivity contribution in [3.63, 3.8) is 0 Å². The molecule has 1 atom stereocenters. The van der Waals surface area contributed by atoms with Gasteiger partial charge < -0.3 is 10.2 Å². The third-order valence-corrected chi connectivity index (χ3v) is 4.58. The van der Waals surface area contributed by atoms with Crippen molar-refractivity contribution in [3.8, 4) is 0 Å². The van der Waals surface area contributed by atoms with Crippen molar-refractivity contribution in [1.82, 2.24) is 20.0 Å². The van der Waals surface area contributed by atoms with Gasteiger partial charge in [-0.2, -0.15) is 5.10 Å². The van der Waals surface area contributed by atoms with Gasteiger partial charge in [-0.1, -0.05) is 20.8 Å². The van der Waals surface area contributed by atoms with Crippen molar-refractivity contribution in [1.29, 1.82) is 0 Å². The van der Waals surface area contributed by atoms with Crippen LogP contribution < -0.4 is 5.32 Å². The Hall–Kier alpha value is -1.36. The van der Waals surface area contributed by atoms with E-state index in [9.17, 15) is 4.79 Å². The van der Waals surface area contributed by atoms with Crippen LogP contribution in [0.3, 0.4) is 0 Å². The number of amides is 1. The monoisotopic (exact) mass is 320 g/mol. The first-order chi connectivity index (χ1) is 11.0. The SMILES string of the molecule is CCn1cc(C(=O)NCCCN2CCC[C@H](C)C2)c(C(C)C)n1. The predicted octanol–water partition coefficient (Wildman–Crippen LogP) is 2.88. The summed E-state index contributed by atoms with van der Waals surface area (Å²) in [6, 6.07) is 0. The second kappa shape index (κ2) is 8.48. The van der Waals surface area contributed by atoms with Crippen LogP contribution in [0.2, 0.25) is 0 Å². The molecule has 1 saturated heterocycles. The van der Waals surface area contributed by atoms with E-state index in [1.165, 1.54) is 25.9 Å². The number of aromatic nitrogens is 2. The zero-order valence-electron chi connectivity index (χ0n) is 15.1. The number of rotatable bonds is 7. The zero-order chi connectivity index (χ0) is 16.8. The summed E-state index contributed by atoms with van der Waals surface area (Å²) < 4.78 is 1.85. The Morgan fingerprint density at radius 1 is 1.48 bits per heavy atom. The fourth-order valence-corrected chi connectivity index (χ4v) is 3.29. The van der Waals surface area contributed by atoms with Gasteiger partial charge >= 0.3 is 0 Å². The average Bonchev–Trinajstić information content (AvgIpc) is 2.96. The smallest absolute Gasteiger partial charge is 0.254 e. The van der Waals surface area contributed by atoms with E-state index in [2.05, 4.69) is 36.1 Å². The minimum atomic E-state index is 0.0143. The number of hydrogen-bond acceptors (Lipinski definition) is 3. The molecular formula is C18H32N4O. The molecule has 1 amide bonds. The van der Waals surface area contributed by atoms with Gasteiger partial charge in [-0.25, -0.2) is 0 Å². The number of carbonyl (C=O) groups excluding carboxylic acids is 1. The summed E-state index contributed by atoms with van der Waals surface area (Å²) in [7, 11) is 0. The Morgan fingerprint density at radius 3 is 2.91 bits per heavy atom. The van der Waals surface area contributed by atoms with E-state index < -0.39 is 0 Å². The number of aryl methyl sites for hydroxylation is 1. The molecule has 23 heavy (non-hydrogen) atoms. The maximum atomic E-state index is 12.4. The quantitative estimate of drug-likeness (QED) is 0.786. The molecule has 1 aliphatic heterocycles. The summed E-state index contributed by atoms with van der Waals surface area (Å²) in [5.41, 5.74) is 1.63. The van der Waals surface area contributed by atoms with Crippen LogP contribution >= 0.6 is 0 Å². The highest BCUT2D eigenvalue weighted by atomic mass is 16.1. The molecule has 1 N–H and O–H groups in total. The van der Waals surface area contributed by atoms with Gasteiger partial charge in [0, 0.05) is 25.8 Å². The Morgan fingerprint density at radius 2 is 2.26 bits per heavy atom. The van der Waals surface area contributed by atoms with Crippen molar-refractivity contribution in [2.45, 2.75) is 59.4 Å². The summed E-state index contributed by atoms with van der Waals surface area (Å²) in [6.45, 7) is 13.5. The molecule has 0 spiro atoms. The molecule has 0 unspecified atom stereocenters. The molecule has 0 aromatic carbocycles. The van der Waals surface area contributed by atoms with E-state index in [1.807, 2.05) is 17.8 Å². The van der Waals surface area contributed by atoms with Gasteiger partial charge in [0.05, 0.1) is 11.3 Å². The van der Waals surface area contributed by atoms with Gasteiger partial charge in [-0.3, -0.25) is 9.48 Å². The highest BCUT2D eigenvalue weighted by molar-refractivity contribution is 5.95. The number of piperidine rings is 1. The molecule has 5 heteroatoms. The summed E-state index contributed by atoms with van der Waals surface area (Å²) >= 11 is 0. The van der Waals surface area contributed by atoms with E-state index in [0.29, 0.717) is 0 Å². The van der Waals surface area contributed by atoms with Crippen LogP contribution in [0.15, 0.2) is 6.20 Å². The van der Waals surface area contributed by atoms with Gasteiger partial charge in [-0.15, -0.1) is 0 Å². The van der Waals surface area contributed by atoms with Crippen molar-refractivity contribution in [2.75, 3.05) is 26.2 Å². The van der Waals surface area contributed by atoms with Gasteiger partial charge in [0.1, 0.15) is 0 Å². The molecular weight excluding hydrogens is 288 g/mol.